The second-order valence-corrected chi connectivity index (χ2v) is 15.8. The topological polar surface area (TPSA) is 117 Å². The monoisotopic (exact) mass is 671 g/mol. The normalized spacial score (nSPS) is 23.8. The van der Waals surface area contributed by atoms with Crippen LogP contribution >= 0.6 is 11.3 Å². The molecule has 248 valence electrons. The average Bonchev–Trinajstić information content (AvgIpc) is 3.50. The molecule has 10 heteroatoms. The van der Waals surface area contributed by atoms with Gasteiger partial charge in [0.2, 0.25) is 0 Å². The molecule has 10 rings (SSSR count). The summed E-state index contributed by atoms with van der Waals surface area (Å²) in [6.07, 6.45) is 10.1. The van der Waals surface area contributed by atoms with Crippen molar-refractivity contribution in [2.24, 2.45) is 23.2 Å². The summed E-state index contributed by atoms with van der Waals surface area (Å²) in [5, 5.41) is 13.9. The summed E-state index contributed by atoms with van der Waals surface area (Å²) in [6.45, 7) is 1.75. The van der Waals surface area contributed by atoms with Gasteiger partial charge in [-0.2, -0.15) is 0 Å². The van der Waals surface area contributed by atoms with Crippen LogP contribution in [0.5, 0.6) is 0 Å². The van der Waals surface area contributed by atoms with Crippen LogP contribution in [-0.2, 0) is 19.5 Å². The fraction of sp³-hybridized carbons (Fsp3) is 0.359. The Balaban J connectivity index is 0.981. The lowest BCUT2D eigenvalue weighted by Crippen LogP contribution is -2.48. The summed E-state index contributed by atoms with van der Waals surface area (Å²) < 4.78 is 2.83. The van der Waals surface area contributed by atoms with Crippen LogP contribution in [0.4, 0.5) is 10.9 Å². The number of carbonyl (C=O) groups excluding carboxylic acids is 1. The lowest BCUT2D eigenvalue weighted by Gasteiger charge is -2.57. The number of thiazole rings is 1. The number of carbonyl (C=O) groups is 2. The van der Waals surface area contributed by atoms with Gasteiger partial charge in [-0.3, -0.25) is 14.9 Å². The smallest absolute Gasteiger partial charge is 0.355 e. The Hall–Kier alpha value is -4.83. The summed E-state index contributed by atoms with van der Waals surface area (Å²) in [5.41, 5.74) is 4.64. The Morgan fingerprint density at radius 3 is 2.45 bits per heavy atom. The van der Waals surface area contributed by atoms with Crippen LogP contribution in [0.1, 0.15) is 70.5 Å². The lowest BCUT2D eigenvalue weighted by molar-refractivity contribution is -0.0623. The van der Waals surface area contributed by atoms with E-state index in [1.165, 1.54) is 49.9 Å². The molecule has 4 bridgehead atoms. The van der Waals surface area contributed by atoms with E-state index in [9.17, 15) is 19.5 Å². The zero-order chi connectivity index (χ0) is 33.3. The minimum Gasteiger partial charge on any atom is -0.476 e. The summed E-state index contributed by atoms with van der Waals surface area (Å²) >= 11 is 1.44. The molecule has 0 unspecified atom stereocenters. The van der Waals surface area contributed by atoms with E-state index in [-0.39, 0.29) is 22.6 Å². The molecule has 5 aromatic rings. The molecule has 0 radical (unpaired) electrons. The third-order valence-corrected chi connectivity index (χ3v) is 12.4. The number of rotatable bonds is 7. The highest BCUT2D eigenvalue weighted by molar-refractivity contribution is 7.22. The van der Waals surface area contributed by atoms with Gasteiger partial charge in [0.25, 0.3) is 11.5 Å². The number of anilines is 2. The van der Waals surface area contributed by atoms with Gasteiger partial charge in [0.05, 0.1) is 10.2 Å². The standard InChI is InChI=1S/C39H37N5O4S/c45-34-11-8-27(20-44(34)22-39-17-23-14-24(18-39)16-25(15-23)19-39)28-9-10-33(41-35(28)37(47)48)43-13-12-26-4-3-5-29(30(26)21-43)36(46)42-38-40-31-6-1-2-7-32(31)49-38/h1-11,20,23-25H,12-19,21-22H2,(H,47,48)(H,40,42,46). The molecule has 0 atom stereocenters. The number of aromatic carboxylic acids is 1. The summed E-state index contributed by atoms with van der Waals surface area (Å²) in [6, 6.07) is 20.5. The second-order valence-electron chi connectivity index (χ2n) is 14.7. The summed E-state index contributed by atoms with van der Waals surface area (Å²) in [7, 11) is 0. The number of para-hydroxylation sites is 1. The molecule has 2 aromatic carbocycles. The van der Waals surface area contributed by atoms with E-state index in [2.05, 4.69) is 15.3 Å². The number of carboxylic acids is 1. The van der Waals surface area contributed by atoms with Crippen molar-refractivity contribution < 1.29 is 14.7 Å². The molecule has 49 heavy (non-hydrogen) atoms. The number of nitrogens with one attached hydrogen (secondary N) is 1. The van der Waals surface area contributed by atoms with Gasteiger partial charge in [-0.05, 0) is 116 Å². The Morgan fingerprint density at radius 1 is 0.918 bits per heavy atom. The van der Waals surface area contributed by atoms with Crippen molar-refractivity contribution in [2.75, 3.05) is 16.8 Å². The predicted octanol–water partition coefficient (Wildman–Crippen LogP) is 7.25. The first-order chi connectivity index (χ1) is 23.8. The number of hydrogen-bond donors (Lipinski definition) is 2. The number of fused-ring (bicyclic) bond motifs is 2. The van der Waals surface area contributed by atoms with Crippen LogP contribution in [0.3, 0.4) is 0 Å². The van der Waals surface area contributed by atoms with E-state index in [4.69, 9.17) is 0 Å². The van der Waals surface area contributed by atoms with Gasteiger partial charge in [-0.1, -0.05) is 35.6 Å². The van der Waals surface area contributed by atoms with Crippen molar-refractivity contribution in [1.82, 2.24) is 14.5 Å². The third kappa shape index (κ3) is 5.52. The van der Waals surface area contributed by atoms with Crippen molar-refractivity contribution in [3.05, 3.63) is 106 Å². The summed E-state index contributed by atoms with van der Waals surface area (Å²) in [5.74, 6) is 1.54. The van der Waals surface area contributed by atoms with E-state index < -0.39 is 5.97 Å². The second kappa shape index (κ2) is 11.7. The Labute approximate surface area is 287 Å². The molecule has 3 aromatic heterocycles. The first-order valence-corrected chi connectivity index (χ1v) is 18.1. The summed E-state index contributed by atoms with van der Waals surface area (Å²) in [4.78, 5) is 50.6. The average molecular weight is 672 g/mol. The molecule has 5 aliphatic rings. The minimum absolute atomic E-state index is 0.0455. The molecule has 1 aliphatic heterocycles. The van der Waals surface area contributed by atoms with E-state index in [1.807, 2.05) is 70.3 Å². The molecule has 0 spiro atoms. The zero-order valence-electron chi connectivity index (χ0n) is 27.1. The number of pyridine rings is 2. The van der Waals surface area contributed by atoms with Crippen LogP contribution < -0.4 is 15.8 Å². The molecule has 4 heterocycles. The first kappa shape index (κ1) is 30.2. The molecule has 4 fully saturated rings. The van der Waals surface area contributed by atoms with Crippen molar-refractivity contribution in [3.63, 3.8) is 0 Å². The molecule has 9 nitrogen and oxygen atoms in total. The quantitative estimate of drug-likeness (QED) is 0.187. The fourth-order valence-electron chi connectivity index (χ4n) is 9.76. The third-order valence-electron chi connectivity index (χ3n) is 11.4. The van der Waals surface area contributed by atoms with E-state index in [0.29, 0.717) is 53.7 Å². The number of hydrogen-bond acceptors (Lipinski definition) is 7. The van der Waals surface area contributed by atoms with Gasteiger partial charge in [0.15, 0.2) is 10.8 Å². The Kier molecular flexibility index (Phi) is 7.19. The molecule has 2 N–H and O–H groups in total. The minimum atomic E-state index is -1.12. The number of carboxylic acid groups (broad SMARTS) is 1. The number of benzene rings is 2. The maximum absolute atomic E-state index is 13.5. The van der Waals surface area contributed by atoms with Gasteiger partial charge >= 0.3 is 5.97 Å². The first-order valence-electron chi connectivity index (χ1n) is 17.3. The van der Waals surface area contributed by atoms with Crippen LogP contribution in [0.15, 0.2) is 77.7 Å². The SMILES string of the molecule is O=C(Nc1nc2ccccc2s1)c1cccc2c1CN(c1ccc(-c3ccc(=O)n(CC45CC6CC(CC(C6)C4)C5)c3)c(C(=O)O)n1)CC2. The maximum Gasteiger partial charge on any atom is 0.355 e. The zero-order valence-corrected chi connectivity index (χ0v) is 27.9. The Morgan fingerprint density at radius 2 is 1.69 bits per heavy atom. The number of nitrogens with zero attached hydrogens (tertiary/aromatic N) is 4. The van der Waals surface area contributed by atoms with Crippen molar-refractivity contribution in [3.8, 4) is 11.1 Å². The van der Waals surface area contributed by atoms with Crippen molar-refractivity contribution in [1.29, 1.82) is 0 Å². The maximum atomic E-state index is 13.5. The highest BCUT2D eigenvalue weighted by atomic mass is 32.1. The molecular weight excluding hydrogens is 635 g/mol. The molecule has 4 aliphatic carbocycles. The van der Waals surface area contributed by atoms with Crippen LogP contribution in [0.25, 0.3) is 21.3 Å². The van der Waals surface area contributed by atoms with Gasteiger partial charge in [0.1, 0.15) is 5.82 Å². The molecular formula is C39H37N5O4S. The highest BCUT2D eigenvalue weighted by Crippen LogP contribution is 2.60. The molecule has 1 amide bonds. The van der Waals surface area contributed by atoms with E-state index in [1.54, 1.807) is 12.1 Å². The van der Waals surface area contributed by atoms with Crippen LogP contribution in [0, 0.1) is 23.2 Å². The van der Waals surface area contributed by atoms with Crippen molar-refractivity contribution in [2.45, 2.75) is 58.0 Å². The molecule has 0 saturated heterocycles. The van der Waals surface area contributed by atoms with Crippen LogP contribution in [0.2, 0.25) is 0 Å². The Bertz CT molecular complexity index is 2140. The van der Waals surface area contributed by atoms with E-state index in [0.717, 1.165) is 39.1 Å². The number of amides is 1. The number of aromatic nitrogens is 3. The fourth-order valence-corrected chi connectivity index (χ4v) is 10.6. The largest absolute Gasteiger partial charge is 0.476 e. The highest BCUT2D eigenvalue weighted by Gasteiger charge is 2.51. The molecule has 4 saturated carbocycles. The van der Waals surface area contributed by atoms with Gasteiger partial charge < -0.3 is 14.6 Å². The van der Waals surface area contributed by atoms with E-state index >= 15 is 0 Å². The van der Waals surface area contributed by atoms with Crippen molar-refractivity contribution >= 4 is 44.4 Å². The van der Waals surface area contributed by atoms with Gasteiger partial charge in [-0.15, -0.1) is 0 Å². The lowest BCUT2D eigenvalue weighted by atomic mass is 9.49. The van der Waals surface area contributed by atoms with Crippen LogP contribution in [-0.4, -0.2) is 38.1 Å². The van der Waals surface area contributed by atoms with Gasteiger partial charge in [-0.25, -0.2) is 14.8 Å². The van der Waals surface area contributed by atoms with Gasteiger partial charge in [0, 0.05) is 48.6 Å². The predicted molar refractivity (Wildman–Crippen MR) is 190 cm³/mol.